The van der Waals surface area contributed by atoms with E-state index in [0.717, 1.165) is 31.0 Å². The molecule has 1 aromatic heterocycles. The van der Waals surface area contributed by atoms with E-state index < -0.39 is 27.3 Å². The summed E-state index contributed by atoms with van der Waals surface area (Å²) in [5.41, 5.74) is 0.110. The molecule has 1 amide bonds. The van der Waals surface area contributed by atoms with E-state index in [0.29, 0.717) is 18.7 Å². The van der Waals surface area contributed by atoms with Gasteiger partial charge in [0.15, 0.2) is 0 Å². The molecular weight excluding hydrogens is 425 g/mol. The molecule has 0 spiro atoms. The van der Waals surface area contributed by atoms with E-state index in [-0.39, 0.29) is 27.6 Å². The summed E-state index contributed by atoms with van der Waals surface area (Å²) in [7, 11) is -4.01. The van der Waals surface area contributed by atoms with E-state index in [9.17, 15) is 22.4 Å². The van der Waals surface area contributed by atoms with Crippen LogP contribution in [0.4, 0.5) is 10.1 Å². The third-order valence-corrected chi connectivity index (χ3v) is 6.36. The summed E-state index contributed by atoms with van der Waals surface area (Å²) in [5.74, 6) is -0.982. The average Bonchev–Trinajstić information content (AvgIpc) is 3.26. The van der Waals surface area contributed by atoms with E-state index in [4.69, 9.17) is 4.74 Å². The van der Waals surface area contributed by atoms with Crippen LogP contribution < -0.4 is 15.6 Å². The van der Waals surface area contributed by atoms with E-state index >= 15 is 0 Å². The summed E-state index contributed by atoms with van der Waals surface area (Å²) >= 11 is 0. The zero-order chi connectivity index (χ0) is 22.0. The molecule has 1 aliphatic rings. The molecule has 1 atom stereocenters. The van der Waals surface area contributed by atoms with Crippen LogP contribution in [0.15, 0.2) is 58.2 Å². The maximum atomic E-state index is 13.1. The summed E-state index contributed by atoms with van der Waals surface area (Å²) in [6, 6.07) is 10.1. The molecule has 0 radical (unpaired) electrons. The summed E-state index contributed by atoms with van der Waals surface area (Å²) < 4.78 is 46.5. The third kappa shape index (κ3) is 4.75. The minimum Gasteiger partial charge on any atom is -0.376 e. The number of H-pyrrole nitrogens is 1. The van der Waals surface area contributed by atoms with Gasteiger partial charge in [0.05, 0.1) is 16.6 Å². The molecule has 10 heteroatoms. The van der Waals surface area contributed by atoms with Gasteiger partial charge in [-0.15, -0.1) is 0 Å². The van der Waals surface area contributed by atoms with Crippen molar-refractivity contribution in [1.82, 2.24) is 10.3 Å². The lowest BCUT2D eigenvalue weighted by molar-refractivity contribution is 0.0859. The first-order valence-corrected chi connectivity index (χ1v) is 11.2. The molecule has 4 rings (SSSR count). The monoisotopic (exact) mass is 445 g/mol. The molecule has 162 valence electrons. The van der Waals surface area contributed by atoms with Crippen molar-refractivity contribution < 1.29 is 22.3 Å². The molecule has 1 saturated heterocycles. The van der Waals surface area contributed by atoms with Crippen LogP contribution in [0.25, 0.3) is 10.9 Å². The number of aromatic amines is 1. The largest absolute Gasteiger partial charge is 0.376 e. The zero-order valence-electron chi connectivity index (χ0n) is 16.4. The number of sulfonamides is 1. The number of fused-ring (bicyclic) bond motifs is 1. The number of carbonyl (C=O) groups excluding carboxylic acids is 1. The highest BCUT2D eigenvalue weighted by molar-refractivity contribution is 7.92. The van der Waals surface area contributed by atoms with Crippen LogP contribution in [0, 0.1) is 5.82 Å². The number of rotatable bonds is 6. The molecule has 2 aromatic carbocycles. The Morgan fingerprint density at radius 2 is 1.94 bits per heavy atom. The van der Waals surface area contributed by atoms with Crippen LogP contribution in [0.2, 0.25) is 0 Å². The second-order valence-corrected chi connectivity index (χ2v) is 8.89. The summed E-state index contributed by atoms with van der Waals surface area (Å²) in [6.07, 6.45) is 1.69. The number of nitrogens with one attached hydrogen (secondary N) is 3. The highest BCUT2D eigenvalue weighted by atomic mass is 32.2. The molecule has 0 saturated carbocycles. The topological polar surface area (TPSA) is 117 Å². The molecule has 0 bridgehead atoms. The molecule has 3 N–H and O–H groups in total. The van der Waals surface area contributed by atoms with Gasteiger partial charge in [0.1, 0.15) is 5.82 Å². The summed E-state index contributed by atoms with van der Waals surface area (Å²) in [4.78, 5) is 27.2. The highest BCUT2D eigenvalue weighted by Gasteiger charge is 2.20. The van der Waals surface area contributed by atoms with E-state index in [1.54, 1.807) is 0 Å². The van der Waals surface area contributed by atoms with Gasteiger partial charge in [-0.1, -0.05) is 0 Å². The van der Waals surface area contributed by atoms with Gasteiger partial charge < -0.3 is 15.0 Å². The predicted molar refractivity (Wildman–Crippen MR) is 113 cm³/mol. The van der Waals surface area contributed by atoms with Crippen molar-refractivity contribution in [3.8, 4) is 0 Å². The zero-order valence-corrected chi connectivity index (χ0v) is 17.2. The quantitative estimate of drug-likeness (QED) is 0.539. The summed E-state index contributed by atoms with van der Waals surface area (Å²) in [6.45, 7) is 0.952. The van der Waals surface area contributed by atoms with Crippen LogP contribution in [0.1, 0.15) is 23.2 Å². The first-order chi connectivity index (χ1) is 14.8. The molecule has 8 nitrogen and oxygen atoms in total. The van der Waals surface area contributed by atoms with Crippen LogP contribution in [0.3, 0.4) is 0 Å². The van der Waals surface area contributed by atoms with Crippen LogP contribution >= 0.6 is 0 Å². The Kier molecular flexibility index (Phi) is 5.75. The molecule has 31 heavy (non-hydrogen) atoms. The lowest BCUT2D eigenvalue weighted by Crippen LogP contribution is -2.32. The van der Waals surface area contributed by atoms with Crippen LogP contribution in [-0.4, -0.2) is 38.6 Å². The van der Waals surface area contributed by atoms with Gasteiger partial charge in [-0.3, -0.25) is 14.3 Å². The molecule has 1 fully saturated rings. The van der Waals surface area contributed by atoms with Gasteiger partial charge in [0.2, 0.25) is 5.56 Å². The Balaban J connectivity index is 1.66. The second-order valence-electron chi connectivity index (χ2n) is 7.21. The first kappa shape index (κ1) is 21.0. The Hall–Kier alpha value is -3.24. The smallest absolute Gasteiger partial charge is 0.261 e. The van der Waals surface area contributed by atoms with Crippen molar-refractivity contribution in [2.24, 2.45) is 0 Å². The number of halogens is 1. The number of pyridine rings is 1. The summed E-state index contributed by atoms with van der Waals surface area (Å²) in [5, 5.41) is 3.03. The fourth-order valence-corrected chi connectivity index (χ4v) is 4.51. The van der Waals surface area contributed by atoms with Crippen LogP contribution in [0.5, 0.6) is 0 Å². The number of aromatic nitrogens is 1. The lowest BCUT2D eigenvalue weighted by Gasteiger charge is -2.13. The van der Waals surface area contributed by atoms with Crippen molar-refractivity contribution in [2.75, 3.05) is 17.9 Å². The maximum absolute atomic E-state index is 13.1. The minimum atomic E-state index is -4.01. The Morgan fingerprint density at radius 3 is 2.65 bits per heavy atom. The average molecular weight is 445 g/mol. The normalized spacial score (nSPS) is 16.4. The van der Waals surface area contributed by atoms with Crippen LogP contribution in [-0.2, 0) is 14.8 Å². The SMILES string of the molecule is O=C(NCC1CCCO1)c1cc(=O)[nH]c2ccc(S(=O)(=O)Nc3ccc(F)cc3)cc12. The Morgan fingerprint density at radius 1 is 1.16 bits per heavy atom. The molecule has 0 aliphatic carbocycles. The molecule has 1 unspecified atom stereocenters. The number of hydrogen-bond donors (Lipinski definition) is 3. The van der Waals surface area contributed by atoms with Gasteiger partial charge in [-0.2, -0.15) is 0 Å². The van der Waals surface area contributed by atoms with Crippen molar-refractivity contribution in [1.29, 1.82) is 0 Å². The second kappa shape index (κ2) is 8.48. The van der Waals surface area contributed by atoms with Gasteiger partial charge >= 0.3 is 0 Å². The number of ether oxygens (including phenoxy) is 1. The van der Waals surface area contributed by atoms with Gasteiger partial charge in [0, 0.05) is 35.8 Å². The number of anilines is 1. The standard InChI is InChI=1S/C21H20FN3O5S/c22-13-3-5-14(6-4-13)25-31(28,29)16-7-8-19-17(10-16)18(11-20(26)24-19)21(27)23-12-15-2-1-9-30-15/h3-8,10-11,15,25H,1-2,9,12H2,(H,23,27)(H,24,26). The predicted octanol–water partition coefficient (Wildman–Crippen LogP) is 2.38. The first-order valence-electron chi connectivity index (χ1n) is 9.67. The van der Waals surface area contributed by atoms with E-state index in [1.807, 2.05) is 0 Å². The molecule has 1 aliphatic heterocycles. The number of hydrogen-bond acceptors (Lipinski definition) is 5. The van der Waals surface area contributed by atoms with Gasteiger partial charge in [-0.25, -0.2) is 12.8 Å². The highest BCUT2D eigenvalue weighted by Crippen LogP contribution is 2.23. The number of amides is 1. The molecule has 3 aromatic rings. The van der Waals surface area contributed by atoms with Gasteiger partial charge in [0.25, 0.3) is 15.9 Å². The maximum Gasteiger partial charge on any atom is 0.261 e. The number of carbonyl (C=O) groups is 1. The number of benzene rings is 2. The fraction of sp³-hybridized carbons (Fsp3) is 0.238. The van der Waals surface area contributed by atoms with E-state index in [1.165, 1.54) is 30.3 Å². The van der Waals surface area contributed by atoms with Crippen molar-refractivity contribution in [3.63, 3.8) is 0 Å². The third-order valence-electron chi connectivity index (χ3n) is 4.98. The fourth-order valence-electron chi connectivity index (χ4n) is 3.43. The van der Waals surface area contributed by atoms with Crippen molar-refractivity contribution >= 4 is 32.5 Å². The molecular formula is C21H20FN3O5S. The lowest BCUT2D eigenvalue weighted by atomic mass is 10.1. The van der Waals surface area contributed by atoms with E-state index in [2.05, 4.69) is 15.0 Å². The molecule has 2 heterocycles. The minimum absolute atomic E-state index is 0.0654. The van der Waals surface area contributed by atoms with Crippen molar-refractivity contribution in [3.05, 3.63) is 70.3 Å². The van der Waals surface area contributed by atoms with Crippen molar-refractivity contribution in [2.45, 2.75) is 23.8 Å². The van der Waals surface area contributed by atoms with Gasteiger partial charge in [-0.05, 0) is 55.3 Å². The Bertz CT molecular complexity index is 1280. The Labute approximate surface area is 177 Å².